The van der Waals surface area contributed by atoms with Crippen LogP contribution in [-0.4, -0.2) is 28.7 Å². The van der Waals surface area contributed by atoms with Gasteiger partial charge in [-0.15, -0.1) is 11.6 Å². The first-order valence-corrected chi connectivity index (χ1v) is 3.87. The van der Waals surface area contributed by atoms with Gasteiger partial charge in [-0.1, -0.05) is 0 Å². The molecule has 0 aliphatic rings. The summed E-state index contributed by atoms with van der Waals surface area (Å²) in [6.07, 6.45) is -0.489. The molecule has 4 N–H and O–H groups in total. The molecule has 7 heteroatoms. The number of carbonyl (C=O) groups is 3. The molecule has 0 bridgehead atoms. The summed E-state index contributed by atoms with van der Waals surface area (Å²) < 4.78 is 0. The summed E-state index contributed by atoms with van der Waals surface area (Å²) in [6.45, 7) is 0. The molecule has 0 aliphatic heterocycles. The summed E-state index contributed by atoms with van der Waals surface area (Å²) >= 11 is 5.17. The van der Waals surface area contributed by atoms with Crippen LogP contribution >= 0.6 is 11.6 Å². The lowest BCUT2D eigenvalue weighted by molar-refractivity contribution is -0.138. The van der Waals surface area contributed by atoms with Crippen molar-refractivity contribution in [3.8, 4) is 0 Å². The van der Waals surface area contributed by atoms with Crippen LogP contribution in [0.15, 0.2) is 0 Å². The minimum atomic E-state index is -1.27. The normalized spacial score (nSPS) is 11.8. The Morgan fingerprint density at radius 3 is 2.31 bits per heavy atom. The van der Waals surface area contributed by atoms with E-state index < -0.39 is 35.8 Å². The maximum Gasteiger partial charge on any atom is 0.244 e. The average molecular weight is 209 g/mol. The summed E-state index contributed by atoms with van der Waals surface area (Å²) in [5.74, 6) is -4.11. The molecule has 0 aromatic heterocycles. The third kappa shape index (κ3) is 3.86. The fraction of sp³-hybridized carbons (Fsp3) is 0.500. The van der Waals surface area contributed by atoms with Gasteiger partial charge < -0.3 is 5.73 Å². The van der Waals surface area contributed by atoms with Gasteiger partial charge in [0.2, 0.25) is 11.8 Å². The van der Waals surface area contributed by atoms with Crippen LogP contribution in [-0.2, 0) is 14.4 Å². The maximum atomic E-state index is 10.9. The van der Waals surface area contributed by atoms with E-state index in [4.69, 9.17) is 22.5 Å². The van der Waals surface area contributed by atoms with E-state index in [9.17, 15) is 14.4 Å². The van der Waals surface area contributed by atoms with Gasteiger partial charge in [-0.05, 0) is 0 Å². The van der Waals surface area contributed by atoms with Crippen LogP contribution in [0.1, 0.15) is 6.42 Å². The first-order valence-electron chi connectivity index (χ1n) is 3.33. The number of ketones is 1. The Kier molecular flexibility index (Phi) is 5.01. The van der Waals surface area contributed by atoms with Crippen LogP contribution in [0.3, 0.4) is 0 Å². The number of hydrogen-bond donors (Lipinski definition) is 3. The summed E-state index contributed by atoms with van der Waals surface area (Å²) in [5, 5.41) is 8.12. The van der Waals surface area contributed by atoms with E-state index in [2.05, 4.69) is 0 Å². The monoisotopic (exact) mass is 208 g/mol. The van der Waals surface area contributed by atoms with Gasteiger partial charge in [-0.3, -0.25) is 19.6 Å². The second-order valence-electron chi connectivity index (χ2n) is 2.29. The quantitative estimate of drug-likeness (QED) is 0.228. The van der Waals surface area contributed by atoms with E-state index in [1.807, 2.05) is 0 Å². The van der Waals surface area contributed by atoms with Crippen molar-refractivity contribution in [3.63, 3.8) is 0 Å². The number of amides is 2. The van der Waals surface area contributed by atoms with E-state index in [1.165, 1.54) is 5.48 Å². The van der Waals surface area contributed by atoms with E-state index in [0.29, 0.717) is 0 Å². The lowest BCUT2D eigenvalue weighted by Gasteiger charge is -2.08. The number of Topliss-reactive ketones (excluding diaryl/α,β-unsaturated/α-hetero) is 1. The van der Waals surface area contributed by atoms with Crippen LogP contribution in [0.5, 0.6) is 0 Å². The molecule has 0 saturated carbocycles. The molecular formula is C6H9ClN2O4. The number of alkyl halides is 1. The minimum Gasteiger partial charge on any atom is -0.369 e. The molecule has 0 aromatic carbocycles. The molecular weight excluding hydrogens is 200 g/mol. The smallest absolute Gasteiger partial charge is 0.244 e. The summed E-state index contributed by atoms with van der Waals surface area (Å²) in [5.41, 5.74) is 6.12. The number of nitrogens with one attached hydrogen (secondary N) is 1. The van der Waals surface area contributed by atoms with E-state index in [0.717, 1.165) is 0 Å². The van der Waals surface area contributed by atoms with Crippen LogP contribution in [0.25, 0.3) is 0 Å². The highest BCUT2D eigenvalue weighted by atomic mass is 35.5. The Bertz CT molecular complexity index is 231. The van der Waals surface area contributed by atoms with Gasteiger partial charge in [0.25, 0.3) is 0 Å². The number of primary amides is 1. The molecule has 0 heterocycles. The highest BCUT2D eigenvalue weighted by molar-refractivity contribution is 6.29. The number of hydrogen-bond acceptors (Lipinski definition) is 4. The Labute approximate surface area is 79.0 Å². The predicted molar refractivity (Wildman–Crippen MR) is 43.0 cm³/mol. The first kappa shape index (κ1) is 11.9. The molecule has 1 atom stereocenters. The van der Waals surface area contributed by atoms with Crippen LogP contribution in [0.2, 0.25) is 0 Å². The van der Waals surface area contributed by atoms with Gasteiger partial charge in [-0.2, -0.15) is 0 Å². The summed E-state index contributed by atoms with van der Waals surface area (Å²) in [7, 11) is 0. The Morgan fingerprint density at radius 2 is 2.00 bits per heavy atom. The van der Waals surface area contributed by atoms with Crippen molar-refractivity contribution in [2.24, 2.45) is 11.7 Å². The maximum absolute atomic E-state index is 10.9. The van der Waals surface area contributed by atoms with Crippen molar-refractivity contribution in [3.05, 3.63) is 0 Å². The molecule has 0 aromatic rings. The molecule has 0 aliphatic carbocycles. The standard InChI is InChI=1S/C6H9ClN2O4/c7-2-4(10)3(6(8)12)1-5(11)9-13/h3,13H,1-2H2,(H2,8,12)(H,9,11). The second kappa shape index (κ2) is 5.50. The fourth-order valence-electron chi connectivity index (χ4n) is 0.697. The third-order valence-corrected chi connectivity index (χ3v) is 1.64. The number of hydroxylamine groups is 1. The number of rotatable bonds is 5. The Morgan fingerprint density at radius 1 is 1.46 bits per heavy atom. The van der Waals surface area contributed by atoms with Crippen molar-refractivity contribution < 1.29 is 19.6 Å². The number of carbonyl (C=O) groups excluding carboxylic acids is 3. The minimum absolute atomic E-state index is 0.397. The van der Waals surface area contributed by atoms with Crippen molar-refractivity contribution in [2.45, 2.75) is 6.42 Å². The molecule has 0 radical (unpaired) electrons. The summed E-state index contributed by atoms with van der Waals surface area (Å²) in [6, 6.07) is 0. The molecule has 1 unspecified atom stereocenters. The predicted octanol–water partition coefficient (Wildman–Crippen LogP) is -1.21. The third-order valence-electron chi connectivity index (χ3n) is 1.38. The van der Waals surface area contributed by atoms with Crippen molar-refractivity contribution in [1.82, 2.24) is 5.48 Å². The molecule has 74 valence electrons. The van der Waals surface area contributed by atoms with Crippen molar-refractivity contribution >= 4 is 29.2 Å². The van der Waals surface area contributed by atoms with Crippen LogP contribution in [0.4, 0.5) is 0 Å². The van der Waals surface area contributed by atoms with Crippen molar-refractivity contribution in [2.75, 3.05) is 5.88 Å². The largest absolute Gasteiger partial charge is 0.369 e. The zero-order chi connectivity index (χ0) is 10.4. The zero-order valence-corrected chi connectivity index (χ0v) is 7.37. The van der Waals surface area contributed by atoms with Crippen LogP contribution < -0.4 is 11.2 Å². The summed E-state index contributed by atoms with van der Waals surface area (Å²) in [4.78, 5) is 32.1. The van der Waals surface area contributed by atoms with Gasteiger partial charge in [0.05, 0.1) is 5.88 Å². The second-order valence-corrected chi connectivity index (χ2v) is 2.56. The topological polar surface area (TPSA) is 109 Å². The Hall–Kier alpha value is -1.14. The molecule has 2 amide bonds. The molecule has 0 rings (SSSR count). The van der Waals surface area contributed by atoms with Gasteiger partial charge in [0.1, 0.15) is 5.92 Å². The van der Waals surface area contributed by atoms with E-state index >= 15 is 0 Å². The molecule has 0 saturated heterocycles. The lowest BCUT2D eigenvalue weighted by Crippen LogP contribution is -2.35. The highest BCUT2D eigenvalue weighted by Gasteiger charge is 2.25. The lowest BCUT2D eigenvalue weighted by atomic mass is 10.0. The van der Waals surface area contributed by atoms with Gasteiger partial charge in [-0.25, -0.2) is 5.48 Å². The SMILES string of the molecule is NC(=O)C(CC(=O)NO)C(=O)CCl. The number of halogens is 1. The zero-order valence-electron chi connectivity index (χ0n) is 6.62. The fourth-order valence-corrected chi connectivity index (χ4v) is 0.884. The van der Waals surface area contributed by atoms with Crippen molar-refractivity contribution in [1.29, 1.82) is 0 Å². The van der Waals surface area contributed by atoms with E-state index in [1.54, 1.807) is 0 Å². The molecule has 0 spiro atoms. The van der Waals surface area contributed by atoms with E-state index in [-0.39, 0.29) is 0 Å². The van der Waals surface area contributed by atoms with Gasteiger partial charge in [0.15, 0.2) is 5.78 Å². The molecule has 13 heavy (non-hydrogen) atoms. The van der Waals surface area contributed by atoms with Gasteiger partial charge in [0, 0.05) is 6.42 Å². The highest BCUT2D eigenvalue weighted by Crippen LogP contribution is 2.05. The van der Waals surface area contributed by atoms with Crippen LogP contribution in [0, 0.1) is 5.92 Å². The average Bonchev–Trinajstić information content (AvgIpc) is 2.11. The Balaban J connectivity index is 4.35. The molecule has 6 nitrogen and oxygen atoms in total. The number of nitrogens with two attached hydrogens (primary N) is 1. The first-order chi connectivity index (χ1) is 6.02. The molecule has 0 fully saturated rings. The van der Waals surface area contributed by atoms with Gasteiger partial charge >= 0.3 is 0 Å².